The van der Waals surface area contributed by atoms with E-state index in [-0.39, 0.29) is 12.3 Å². The van der Waals surface area contributed by atoms with E-state index in [1.54, 1.807) is 24.9 Å². The Labute approximate surface area is 114 Å². The standard InChI is InChI=1S/C13H16F3NO3/c1-3-11(12(18)19)17(2)8-9-5-4-6-10(7-9)20-13(14,15)16/h4-7,11H,3,8H2,1-2H3,(H,18,19). The first-order chi connectivity index (χ1) is 9.23. The molecule has 0 bridgehead atoms. The molecule has 1 atom stereocenters. The molecule has 0 aliphatic heterocycles. The van der Waals surface area contributed by atoms with Crippen LogP contribution in [0.1, 0.15) is 18.9 Å². The van der Waals surface area contributed by atoms with E-state index in [4.69, 9.17) is 5.11 Å². The highest BCUT2D eigenvalue weighted by Crippen LogP contribution is 2.24. The lowest BCUT2D eigenvalue weighted by molar-refractivity contribution is -0.274. The summed E-state index contributed by atoms with van der Waals surface area (Å²) >= 11 is 0. The highest BCUT2D eigenvalue weighted by atomic mass is 19.4. The number of carboxylic acid groups (broad SMARTS) is 1. The van der Waals surface area contributed by atoms with E-state index in [0.29, 0.717) is 12.0 Å². The number of halogens is 3. The molecule has 20 heavy (non-hydrogen) atoms. The minimum absolute atomic E-state index is 0.222. The van der Waals surface area contributed by atoms with Crippen LogP contribution in [0.3, 0.4) is 0 Å². The second-order valence-electron chi connectivity index (χ2n) is 4.37. The Balaban J connectivity index is 2.78. The van der Waals surface area contributed by atoms with Crippen LogP contribution >= 0.6 is 0 Å². The molecule has 0 fully saturated rings. The summed E-state index contributed by atoms with van der Waals surface area (Å²) in [5.74, 6) is -1.27. The number of hydrogen-bond donors (Lipinski definition) is 1. The van der Waals surface area contributed by atoms with Crippen LogP contribution in [0.5, 0.6) is 5.75 Å². The maximum Gasteiger partial charge on any atom is 0.573 e. The highest BCUT2D eigenvalue weighted by molar-refractivity contribution is 5.73. The molecule has 0 amide bonds. The Bertz CT molecular complexity index is 462. The van der Waals surface area contributed by atoms with E-state index >= 15 is 0 Å². The lowest BCUT2D eigenvalue weighted by Gasteiger charge is -2.23. The number of nitrogens with zero attached hydrogens (tertiary/aromatic N) is 1. The molecule has 1 N–H and O–H groups in total. The number of ether oxygens (including phenoxy) is 1. The van der Waals surface area contributed by atoms with Crippen molar-refractivity contribution in [3.8, 4) is 5.75 Å². The molecular formula is C13H16F3NO3. The van der Waals surface area contributed by atoms with Crippen molar-refractivity contribution < 1.29 is 27.8 Å². The van der Waals surface area contributed by atoms with Gasteiger partial charge in [-0.2, -0.15) is 0 Å². The fourth-order valence-corrected chi connectivity index (χ4v) is 1.91. The zero-order valence-corrected chi connectivity index (χ0v) is 11.1. The first-order valence-electron chi connectivity index (χ1n) is 6.00. The molecule has 0 aliphatic carbocycles. The highest BCUT2D eigenvalue weighted by Gasteiger charge is 2.31. The van der Waals surface area contributed by atoms with Gasteiger partial charge in [0.2, 0.25) is 0 Å². The van der Waals surface area contributed by atoms with E-state index in [9.17, 15) is 18.0 Å². The van der Waals surface area contributed by atoms with Crippen LogP contribution in [-0.4, -0.2) is 35.4 Å². The summed E-state index contributed by atoms with van der Waals surface area (Å²) in [6.07, 6.45) is -4.33. The Morgan fingerprint density at radius 2 is 2.10 bits per heavy atom. The number of carbonyl (C=O) groups is 1. The van der Waals surface area contributed by atoms with E-state index in [1.807, 2.05) is 0 Å². The molecule has 1 unspecified atom stereocenters. The van der Waals surface area contributed by atoms with Gasteiger partial charge in [0.15, 0.2) is 0 Å². The lowest BCUT2D eigenvalue weighted by atomic mass is 10.1. The van der Waals surface area contributed by atoms with Crippen LogP contribution in [-0.2, 0) is 11.3 Å². The van der Waals surface area contributed by atoms with Crippen molar-refractivity contribution in [1.82, 2.24) is 4.90 Å². The third-order valence-electron chi connectivity index (χ3n) is 2.77. The third-order valence-corrected chi connectivity index (χ3v) is 2.77. The van der Waals surface area contributed by atoms with Crippen LogP contribution < -0.4 is 4.74 Å². The minimum Gasteiger partial charge on any atom is -0.480 e. The first-order valence-corrected chi connectivity index (χ1v) is 6.00. The summed E-state index contributed by atoms with van der Waals surface area (Å²) in [4.78, 5) is 12.6. The summed E-state index contributed by atoms with van der Waals surface area (Å²) in [5, 5.41) is 9.01. The van der Waals surface area contributed by atoms with Crippen molar-refractivity contribution in [2.24, 2.45) is 0 Å². The fraction of sp³-hybridized carbons (Fsp3) is 0.462. The number of aliphatic carboxylic acids is 1. The predicted octanol–water partition coefficient (Wildman–Crippen LogP) is 2.88. The molecule has 7 heteroatoms. The largest absolute Gasteiger partial charge is 0.573 e. The topological polar surface area (TPSA) is 49.8 Å². The van der Waals surface area contributed by atoms with Gasteiger partial charge in [0.05, 0.1) is 0 Å². The minimum atomic E-state index is -4.74. The normalized spacial score (nSPS) is 13.3. The predicted molar refractivity (Wildman–Crippen MR) is 66.3 cm³/mol. The Morgan fingerprint density at radius 3 is 2.60 bits per heavy atom. The number of likely N-dealkylation sites (N-methyl/N-ethyl adjacent to an activating group) is 1. The molecule has 1 aromatic carbocycles. The Hall–Kier alpha value is -1.76. The monoisotopic (exact) mass is 291 g/mol. The SMILES string of the molecule is CCC(C(=O)O)N(C)Cc1cccc(OC(F)(F)F)c1. The molecular weight excluding hydrogens is 275 g/mol. The van der Waals surface area contributed by atoms with Crippen molar-refractivity contribution in [2.45, 2.75) is 32.3 Å². The third kappa shape index (κ3) is 5.08. The summed E-state index contributed by atoms with van der Waals surface area (Å²) in [6, 6.07) is 4.83. The summed E-state index contributed by atoms with van der Waals surface area (Å²) in [7, 11) is 1.61. The number of benzene rings is 1. The van der Waals surface area contributed by atoms with Gasteiger partial charge in [0.1, 0.15) is 11.8 Å². The molecule has 0 spiro atoms. The van der Waals surface area contributed by atoms with Crippen LogP contribution in [0, 0.1) is 0 Å². The van der Waals surface area contributed by atoms with Gasteiger partial charge in [-0.3, -0.25) is 9.69 Å². The number of alkyl halides is 3. The lowest BCUT2D eigenvalue weighted by Crippen LogP contribution is -2.37. The van der Waals surface area contributed by atoms with E-state index in [1.165, 1.54) is 18.2 Å². The fourth-order valence-electron chi connectivity index (χ4n) is 1.91. The first kappa shape index (κ1) is 16.3. The van der Waals surface area contributed by atoms with Crippen LogP contribution in [0.15, 0.2) is 24.3 Å². The Kier molecular flexibility index (Phi) is 5.38. The van der Waals surface area contributed by atoms with Crippen molar-refractivity contribution >= 4 is 5.97 Å². The molecule has 1 aromatic rings. The molecule has 112 valence electrons. The van der Waals surface area contributed by atoms with Gasteiger partial charge in [0, 0.05) is 6.54 Å². The average molecular weight is 291 g/mol. The van der Waals surface area contributed by atoms with Gasteiger partial charge in [-0.15, -0.1) is 13.2 Å². The molecule has 0 saturated heterocycles. The Morgan fingerprint density at radius 1 is 1.45 bits per heavy atom. The molecule has 0 saturated carbocycles. The van der Waals surface area contributed by atoms with Gasteiger partial charge in [-0.1, -0.05) is 19.1 Å². The molecule has 0 radical (unpaired) electrons. The number of rotatable bonds is 6. The summed E-state index contributed by atoms with van der Waals surface area (Å²) < 4.78 is 40.2. The van der Waals surface area contributed by atoms with E-state index in [0.717, 1.165) is 0 Å². The zero-order chi connectivity index (χ0) is 15.3. The van der Waals surface area contributed by atoms with Crippen molar-refractivity contribution in [3.63, 3.8) is 0 Å². The quantitative estimate of drug-likeness (QED) is 0.875. The van der Waals surface area contributed by atoms with Gasteiger partial charge >= 0.3 is 12.3 Å². The van der Waals surface area contributed by atoms with Gasteiger partial charge in [-0.25, -0.2) is 0 Å². The van der Waals surface area contributed by atoms with E-state index < -0.39 is 18.4 Å². The van der Waals surface area contributed by atoms with Crippen molar-refractivity contribution in [3.05, 3.63) is 29.8 Å². The molecule has 4 nitrogen and oxygen atoms in total. The zero-order valence-electron chi connectivity index (χ0n) is 11.1. The molecule has 0 aliphatic rings. The maximum atomic E-state index is 12.1. The van der Waals surface area contributed by atoms with Gasteiger partial charge in [-0.05, 0) is 31.2 Å². The van der Waals surface area contributed by atoms with Gasteiger partial charge in [0.25, 0.3) is 0 Å². The maximum absolute atomic E-state index is 12.1. The number of carboxylic acids is 1. The van der Waals surface area contributed by atoms with E-state index in [2.05, 4.69) is 4.74 Å². The second kappa shape index (κ2) is 6.60. The van der Waals surface area contributed by atoms with Gasteiger partial charge < -0.3 is 9.84 Å². The molecule has 0 aromatic heterocycles. The van der Waals surface area contributed by atoms with Crippen molar-refractivity contribution in [1.29, 1.82) is 0 Å². The number of hydrogen-bond acceptors (Lipinski definition) is 3. The summed E-state index contributed by atoms with van der Waals surface area (Å²) in [6.45, 7) is 1.96. The average Bonchev–Trinajstić information content (AvgIpc) is 2.27. The van der Waals surface area contributed by atoms with Crippen LogP contribution in [0.4, 0.5) is 13.2 Å². The van der Waals surface area contributed by atoms with Crippen LogP contribution in [0.2, 0.25) is 0 Å². The van der Waals surface area contributed by atoms with Crippen molar-refractivity contribution in [2.75, 3.05) is 7.05 Å². The molecule has 0 heterocycles. The second-order valence-corrected chi connectivity index (χ2v) is 4.37. The molecule has 1 rings (SSSR count). The summed E-state index contributed by atoms with van der Waals surface area (Å²) in [5.41, 5.74) is 0.550. The van der Waals surface area contributed by atoms with Crippen LogP contribution in [0.25, 0.3) is 0 Å². The smallest absolute Gasteiger partial charge is 0.480 e.